The van der Waals surface area contributed by atoms with Gasteiger partial charge in [-0.05, 0) is 49.4 Å². The van der Waals surface area contributed by atoms with Crippen molar-refractivity contribution in [3.63, 3.8) is 0 Å². The molecule has 3 heteroatoms. The van der Waals surface area contributed by atoms with Crippen LogP contribution in [0.5, 0.6) is 5.75 Å². The van der Waals surface area contributed by atoms with Gasteiger partial charge in [-0.15, -0.1) is 0 Å². The maximum atomic E-state index is 6.41. The Hall–Kier alpha value is -1.48. The maximum Gasteiger partial charge on any atom is 0.119 e. The summed E-state index contributed by atoms with van der Waals surface area (Å²) in [4.78, 5) is 0. The molecule has 1 aromatic carbocycles. The molecular weight excluding hydrogens is 224 g/mol. The van der Waals surface area contributed by atoms with E-state index in [2.05, 4.69) is 22.9 Å². The van der Waals surface area contributed by atoms with Gasteiger partial charge in [0.2, 0.25) is 0 Å². The molecule has 2 aliphatic carbocycles. The van der Waals surface area contributed by atoms with E-state index in [0.717, 1.165) is 18.6 Å². The highest BCUT2D eigenvalue weighted by molar-refractivity contribution is 5.87. The lowest BCUT2D eigenvalue weighted by Gasteiger charge is -2.07. The smallest absolute Gasteiger partial charge is 0.119 e. The second-order valence-corrected chi connectivity index (χ2v) is 5.72. The molecule has 1 aromatic heterocycles. The van der Waals surface area contributed by atoms with Crippen LogP contribution in [0, 0.1) is 0 Å². The molecule has 0 spiro atoms. The van der Waals surface area contributed by atoms with Gasteiger partial charge in [0.25, 0.3) is 0 Å². The quantitative estimate of drug-likeness (QED) is 0.899. The van der Waals surface area contributed by atoms with Crippen molar-refractivity contribution in [1.82, 2.24) is 4.57 Å². The highest BCUT2D eigenvalue weighted by Crippen LogP contribution is 2.48. The van der Waals surface area contributed by atoms with E-state index >= 15 is 0 Å². The van der Waals surface area contributed by atoms with Crippen LogP contribution >= 0.6 is 0 Å². The zero-order valence-electron chi connectivity index (χ0n) is 10.6. The lowest BCUT2D eigenvalue weighted by Crippen LogP contribution is -2.18. The summed E-state index contributed by atoms with van der Waals surface area (Å²) in [6.07, 6.45) is 7.09. The van der Waals surface area contributed by atoms with Gasteiger partial charge < -0.3 is 15.0 Å². The number of aromatic nitrogens is 1. The van der Waals surface area contributed by atoms with Crippen LogP contribution in [-0.4, -0.2) is 11.7 Å². The standard InChI is InChI=1S/C15H18N2O/c1-18-11-4-5-14-12(8-11)13(15(16)6-7-15)9-17(14)10-2-3-10/h4-5,8-10H,2-3,6-7,16H2,1H3. The summed E-state index contributed by atoms with van der Waals surface area (Å²) < 4.78 is 7.76. The van der Waals surface area contributed by atoms with Gasteiger partial charge in [0.05, 0.1) is 7.11 Å². The highest BCUT2D eigenvalue weighted by Gasteiger charge is 2.43. The molecule has 4 rings (SSSR count). The first-order chi connectivity index (χ1) is 8.71. The predicted molar refractivity (Wildman–Crippen MR) is 71.9 cm³/mol. The molecule has 0 amide bonds. The second-order valence-electron chi connectivity index (χ2n) is 5.72. The van der Waals surface area contributed by atoms with Crippen molar-refractivity contribution in [3.05, 3.63) is 30.0 Å². The molecule has 0 bridgehead atoms. The van der Waals surface area contributed by atoms with Crippen LogP contribution in [0.1, 0.15) is 37.3 Å². The SMILES string of the molecule is COc1ccc2c(c1)c(C1(N)CC1)cn2C1CC1. The first-order valence-electron chi connectivity index (χ1n) is 6.69. The van der Waals surface area contributed by atoms with E-state index in [-0.39, 0.29) is 5.54 Å². The third-order valence-electron chi connectivity index (χ3n) is 4.31. The van der Waals surface area contributed by atoms with Crippen molar-refractivity contribution in [3.8, 4) is 5.75 Å². The number of ether oxygens (including phenoxy) is 1. The summed E-state index contributed by atoms with van der Waals surface area (Å²) in [5, 5.41) is 1.28. The average molecular weight is 242 g/mol. The molecule has 0 radical (unpaired) electrons. The van der Waals surface area contributed by atoms with E-state index in [1.165, 1.54) is 29.3 Å². The fourth-order valence-corrected chi connectivity index (χ4v) is 2.82. The first-order valence-corrected chi connectivity index (χ1v) is 6.69. The zero-order chi connectivity index (χ0) is 12.3. The molecular formula is C15H18N2O. The predicted octanol–water partition coefficient (Wildman–Crippen LogP) is 2.93. The molecule has 1 heterocycles. The van der Waals surface area contributed by atoms with Crippen molar-refractivity contribution in [1.29, 1.82) is 0 Å². The van der Waals surface area contributed by atoms with Crippen molar-refractivity contribution in [2.75, 3.05) is 7.11 Å². The van der Waals surface area contributed by atoms with E-state index in [9.17, 15) is 0 Å². The molecule has 2 aromatic rings. The van der Waals surface area contributed by atoms with E-state index in [4.69, 9.17) is 10.5 Å². The number of hydrogen-bond donors (Lipinski definition) is 1. The maximum absolute atomic E-state index is 6.41. The van der Waals surface area contributed by atoms with Gasteiger partial charge in [0.15, 0.2) is 0 Å². The number of fused-ring (bicyclic) bond motifs is 1. The minimum absolute atomic E-state index is 0.0786. The molecule has 0 saturated heterocycles. The summed E-state index contributed by atoms with van der Waals surface area (Å²) in [5.41, 5.74) is 8.95. The normalized spacial score (nSPS) is 21.2. The topological polar surface area (TPSA) is 40.2 Å². The molecule has 3 nitrogen and oxygen atoms in total. The number of nitrogens with two attached hydrogens (primary N) is 1. The van der Waals surface area contributed by atoms with Crippen LogP contribution < -0.4 is 10.5 Å². The Bertz CT molecular complexity index is 621. The van der Waals surface area contributed by atoms with Crippen LogP contribution in [0.25, 0.3) is 10.9 Å². The number of benzene rings is 1. The molecule has 2 saturated carbocycles. The Labute approximate surface area is 107 Å². The largest absolute Gasteiger partial charge is 0.497 e. The molecule has 2 fully saturated rings. The monoisotopic (exact) mass is 242 g/mol. The van der Waals surface area contributed by atoms with Crippen LogP contribution in [0.3, 0.4) is 0 Å². The Morgan fingerprint density at radius 3 is 2.72 bits per heavy atom. The summed E-state index contributed by atoms with van der Waals surface area (Å²) in [6.45, 7) is 0. The number of methoxy groups -OCH3 is 1. The molecule has 0 aliphatic heterocycles. The van der Waals surface area contributed by atoms with Gasteiger partial charge >= 0.3 is 0 Å². The van der Waals surface area contributed by atoms with Crippen molar-refractivity contribution < 1.29 is 4.74 Å². The van der Waals surface area contributed by atoms with Crippen molar-refractivity contribution in [2.45, 2.75) is 37.3 Å². The average Bonchev–Trinajstić information content (AvgIpc) is 3.30. The third kappa shape index (κ3) is 1.40. The van der Waals surface area contributed by atoms with Gasteiger partial charge in [-0.2, -0.15) is 0 Å². The van der Waals surface area contributed by atoms with E-state index < -0.39 is 0 Å². The lowest BCUT2D eigenvalue weighted by molar-refractivity contribution is 0.415. The van der Waals surface area contributed by atoms with Crippen LogP contribution in [0.2, 0.25) is 0 Å². The van der Waals surface area contributed by atoms with Crippen LogP contribution in [-0.2, 0) is 5.54 Å². The summed E-state index contributed by atoms with van der Waals surface area (Å²) in [6, 6.07) is 7.04. The molecule has 2 aliphatic rings. The summed E-state index contributed by atoms with van der Waals surface area (Å²) in [5.74, 6) is 0.918. The summed E-state index contributed by atoms with van der Waals surface area (Å²) >= 11 is 0. The Morgan fingerprint density at radius 1 is 1.33 bits per heavy atom. The van der Waals surface area contributed by atoms with Crippen molar-refractivity contribution in [2.24, 2.45) is 5.73 Å². The van der Waals surface area contributed by atoms with Gasteiger partial charge in [-0.3, -0.25) is 0 Å². The Balaban J connectivity index is 1.97. The molecule has 0 unspecified atom stereocenters. The minimum Gasteiger partial charge on any atom is -0.497 e. The number of nitrogens with zero attached hydrogens (tertiary/aromatic N) is 1. The van der Waals surface area contributed by atoms with Gasteiger partial charge in [0.1, 0.15) is 5.75 Å². The molecule has 18 heavy (non-hydrogen) atoms. The third-order valence-corrected chi connectivity index (χ3v) is 4.31. The first kappa shape index (κ1) is 10.4. The van der Waals surface area contributed by atoms with Gasteiger partial charge in [0, 0.05) is 28.7 Å². The fourth-order valence-electron chi connectivity index (χ4n) is 2.82. The van der Waals surface area contributed by atoms with E-state index in [0.29, 0.717) is 6.04 Å². The van der Waals surface area contributed by atoms with E-state index in [1.54, 1.807) is 7.11 Å². The Kier molecular flexibility index (Phi) is 1.91. The Morgan fingerprint density at radius 2 is 2.11 bits per heavy atom. The molecule has 0 atom stereocenters. The fraction of sp³-hybridized carbons (Fsp3) is 0.467. The number of hydrogen-bond acceptors (Lipinski definition) is 2. The molecule has 94 valence electrons. The van der Waals surface area contributed by atoms with Crippen LogP contribution in [0.4, 0.5) is 0 Å². The second kappa shape index (κ2) is 3.29. The number of rotatable bonds is 3. The highest BCUT2D eigenvalue weighted by atomic mass is 16.5. The summed E-state index contributed by atoms with van der Waals surface area (Å²) in [7, 11) is 1.72. The van der Waals surface area contributed by atoms with Gasteiger partial charge in [-0.1, -0.05) is 0 Å². The van der Waals surface area contributed by atoms with Crippen molar-refractivity contribution >= 4 is 10.9 Å². The molecule has 2 N–H and O–H groups in total. The van der Waals surface area contributed by atoms with Gasteiger partial charge in [-0.25, -0.2) is 0 Å². The lowest BCUT2D eigenvalue weighted by atomic mass is 10.0. The van der Waals surface area contributed by atoms with E-state index in [1.807, 2.05) is 6.07 Å². The van der Waals surface area contributed by atoms with Crippen LogP contribution in [0.15, 0.2) is 24.4 Å². The zero-order valence-corrected chi connectivity index (χ0v) is 10.6. The minimum atomic E-state index is -0.0786.